The van der Waals surface area contributed by atoms with E-state index < -0.39 is 17.7 Å². The number of fused-ring (bicyclic) bond motifs is 1. The van der Waals surface area contributed by atoms with Crippen molar-refractivity contribution >= 4 is 32.5 Å². The monoisotopic (exact) mass is 595 g/mol. The molecule has 1 aliphatic rings. The van der Waals surface area contributed by atoms with Crippen LogP contribution in [0.5, 0.6) is 0 Å². The molecule has 0 aliphatic carbocycles. The van der Waals surface area contributed by atoms with E-state index in [4.69, 9.17) is 9.47 Å². The van der Waals surface area contributed by atoms with Gasteiger partial charge in [0.05, 0.1) is 18.6 Å². The molecule has 0 bridgehead atoms. The fraction of sp³-hybridized carbons (Fsp3) is 0.176. The first-order valence-electron chi connectivity index (χ1n) is 13.2. The Bertz CT molecular complexity index is 1410. The first kappa shape index (κ1) is 27.4. The Labute approximate surface area is 243 Å². The Morgan fingerprint density at radius 1 is 0.775 bits per heavy atom. The van der Waals surface area contributed by atoms with Gasteiger partial charge < -0.3 is 9.47 Å². The van der Waals surface area contributed by atoms with Crippen LogP contribution in [0.3, 0.4) is 0 Å². The minimum absolute atomic E-state index is 0.0178. The van der Waals surface area contributed by atoms with Crippen LogP contribution >= 0.6 is 15.9 Å². The predicted molar refractivity (Wildman–Crippen MR) is 159 cm³/mol. The van der Waals surface area contributed by atoms with E-state index in [9.17, 15) is 9.59 Å². The molecule has 4 aromatic carbocycles. The van der Waals surface area contributed by atoms with Crippen LogP contribution in [0.15, 0.2) is 121 Å². The topological polar surface area (TPSA) is 55.8 Å². The molecule has 0 radical (unpaired) electrons. The summed E-state index contributed by atoms with van der Waals surface area (Å²) in [5, 5.41) is 0. The molecular weight excluding hydrogens is 566 g/mol. The van der Waals surface area contributed by atoms with Crippen molar-refractivity contribution in [3.8, 4) is 0 Å². The molecule has 4 aromatic rings. The third-order valence-electron chi connectivity index (χ3n) is 6.88. The molecule has 202 valence electrons. The Hall–Kier alpha value is -4.16. The summed E-state index contributed by atoms with van der Waals surface area (Å²) in [7, 11) is 0. The van der Waals surface area contributed by atoms with Crippen molar-refractivity contribution in [3.05, 3.63) is 149 Å². The van der Waals surface area contributed by atoms with Crippen molar-refractivity contribution in [1.82, 2.24) is 4.90 Å². The third kappa shape index (κ3) is 5.45. The third-order valence-corrected chi connectivity index (χ3v) is 7.52. The smallest absolute Gasteiger partial charge is 0.416 e. The Kier molecular flexibility index (Phi) is 8.17. The SMILES string of the molecule is CC(C)OC(=O)C[C@@H]1c2ccccc2C(Br)=CN1C(=O)OC(c1ccccc1)(c1ccccc1)c1ccccc1. The average Bonchev–Trinajstić information content (AvgIpc) is 2.98. The minimum Gasteiger partial charge on any atom is -0.463 e. The highest BCUT2D eigenvalue weighted by atomic mass is 79.9. The molecule has 0 fully saturated rings. The largest absolute Gasteiger partial charge is 0.463 e. The molecule has 0 spiro atoms. The van der Waals surface area contributed by atoms with E-state index >= 15 is 0 Å². The maximum absolute atomic E-state index is 14.4. The van der Waals surface area contributed by atoms with E-state index in [1.165, 1.54) is 4.90 Å². The minimum atomic E-state index is -1.25. The molecule has 40 heavy (non-hydrogen) atoms. The van der Waals surface area contributed by atoms with Crippen molar-refractivity contribution < 1.29 is 19.1 Å². The van der Waals surface area contributed by atoms with Gasteiger partial charge in [-0.15, -0.1) is 0 Å². The molecule has 1 heterocycles. The van der Waals surface area contributed by atoms with Crippen LogP contribution in [0.4, 0.5) is 4.79 Å². The highest BCUT2D eigenvalue weighted by molar-refractivity contribution is 9.15. The number of nitrogens with zero attached hydrogens (tertiary/aromatic N) is 1. The maximum atomic E-state index is 14.4. The lowest BCUT2D eigenvalue weighted by Crippen LogP contribution is -2.42. The van der Waals surface area contributed by atoms with E-state index in [1.807, 2.05) is 129 Å². The van der Waals surface area contributed by atoms with Crippen molar-refractivity contribution in [2.75, 3.05) is 0 Å². The second-order valence-corrected chi connectivity index (χ2v) is 10.7. The van der Waals surface area contributed by atoms with Crippen molar-refractivity contribution in [2.24, 2.45) is 0 Å². The average molecular weight is 597 g/mol. The number of halogens is 1. The zero-order chi connectivity index (χ0) is 28.1. The molecule has 5 nitrogen and oxygen atoms in total. The zero-order valence-corrected chi connectivity index (χ0v) is 24.0. The first-order valence-corrected chi connectivity index (χ1v) is 14.0. The summed E-state index contributed by atoms with van der Waals surface area (Å²) in [6, 6.07) is 36.3. The van der Waals surface area contributed by atoms with E-state index in [1.54, 1.807) is 6.20 Å². The number of amides is 1. The molecule has 0 unspecified atom stereocenters. The van der Waals surface area contributed by atoms with Crippen molar-refractivity contribution in [2.45, 2.75) is 38.0 Å². The number of ether oxygens (including phenoxy) is 2. The van der Waals surface area contributed by atoms with Gasteiger partial charge in [-0.1, -0.05) is 115 Å². The van der Waals surface area contributed by atoms with E-state index in [0.29, 0.717) is 0 Å². The number of benzene rings is 4. The van der Waals surface area contributed by atoms with Gasteiger partial charge in [-0.2, -0.15) is 0 Å². The Morgan fingerprint density at radius 3 is 1.75 bits per heavy atom. The quantitative estimate of drug-likeness (QED) is 0.159. The molecule has 1 atom stereocenters. The van der Waals surface area contributed by atoms with Gasteiger partial charge in [0.1, 0.15) is 0 Å². The predicted octanol–water partition coefficient (Wildman–Crippen LogP) is 8.21. The van der Waals surface area contributed by atoms with Gasteiger partial charge in [0.2, 0.25) is 0 Å². The zero-order valence-electron chi connectivity index (χ0n) is 22.4. The van der Waals surface area contributed by atoms with Crippen LogP contribution in [0.1, 0.15) is 54.1 Å². The van der Waals surface area contributed by atoms with Gasteiger partial charge in [-0.25, -0.2) is 4.79 Å². The van der Waals surface area contributed by atoms with Crippen molar-refractivity contribution in [3.63, 3.8) is 0 Å². The summed E-state index contributed by atoms with van der Waals surface area (Å²) in [6.45, 7) is 3.62. The number of carbonyl (C=O) groups excluding carboxylic acids is 2. The van der Waals surface area contributed by atoms with Crippen LogP contribution in [0.25, 0.3) is 4.48 Å². The molecule has 0 aromatic heterocycles. The van der Waals surface area contributed by atoms with Crippen LogP contribution in [-0.4, -0.2) is 23.1 Å². The lowest BCUT2D eigenvalue weighted by Gasteiger charge is -2.39. The van der Waals surface area contributed by atoms with Crippen LogP contribution < -0.4 is 0 Å². The lowest BCUT2D eigenvalue weighted by atomic mass is 9.80. The van der Waals surface area contributed by atoms with E-state index in [0.717, 1.165) is 32.3 Å². The lowest BCUT2D eigenvalue weighted by molar-refractivity contribution is -0.148. The highest BCUT2D eigenvalue weighted by Crippen LogP contribution is 2.44. The van der Waals surface area contributed by atoms with Gasteiger partial charge in [0.25, 0.3) is 0 Å². The molecule has 1 amide bonds. The van der Waals surface area contributed by atoms with E-state index in [2.05, 4.69) is 15.9 Å². The van der Waals surface area contributed by atoms with Gasteiger partial charge >= 0.3 is 12.1 Å². The second kappa shape index (κ2) is 11.9. The summed E-state index contributed by atoms with van der Waals surface area (Å²) in [4.78, 5) is 28.8. The summed E-state index contributed by atoms with van der Waals surface area (Å²) >= 11 is 3.64. The summed E-state index contributed by atoms with van der Waals surface area (Å²) in [5.41, 5.74) is 2.90. The number of carbonyl (C=O) groups is 2. The number of hydrogen-bond donors (Lipinski definition) is 0. The Balaban J connectivity index is 1.64. The maximum Gasteiger partial charge on any atom is 0.416 e. The molecular formula is C34H30BrNO4. The van der Waals surface area contributed by atoms with Crippen LogP contribution in [0, 0.1) is 0 Å². The van der Waals surface area contributed by atoms with Gasteiger partial charge in [0, 0.05) is 27.4 Å². The van der Waals surface area contributed by atoms with Crippen LogP contribution in [-0.2, 0) is 19.9 Å². The van der Waals surface area contributed by atoms with Gasteiger partial charge in [-0.3, -0.25) is 9.69 Å². The number of hydrogen-bond acceptors (Lipinski definition) is 4. The van der Waals surface area contributed by atoms with Gasteiger partial charge in [-0.05, 0) is 40.9 Å². The summed E-state index contributed by atoms with van der Waals surface area (Å²) in [5.74, 6) is -0.389. The van der Waals surface area contributed by atoms with E-state index in [-0.39, 0.29) is 18.5 Å². The number of rotatable bonds is 7. The number of esters is 1. The fourth-order valence-electron chi connectivity index (χ4n) is 5.17. The molecule has 0 N–H and O–H groups in total. The molecule has 6 heteroatoms. The second-order valence-electron chi connectivity index (χ2n) is 9.88. The molecule has 0 saturated heterocycles. The summed E-state index contributed by atoms with van der Waals surface area (Å²) < 4.78 is 12.9. The molecule has 0 saturated carbocycles. The molecule has 1 aliphatic heterocycles. The normalized spacial score (nSPS) is 14.8. The Morgan fingerprint density at radius 2 is 1.25 bits per heavy atom. The van der Waals surface area contributed by atoms with Crippen LogP contribution in [0.2, 0.25) is 0 Å². The fourth-order valence-corrected chi connectivity index (χ4v) is 5.75. The van der Waals surface area contributed by atoms with Crippen molar-refractivity contribution in [1.29, 1.82) is 0 Å². The molecule has 5 rings (SSSR count). The van der Waals surface area contributed by atoms with Gasteiger partial charge in [0.15, 0.2) is 5.60 Å². The summed E-state index contributed by atoms with van der Waals surface area (Å²) in [6.07, 6.45) is 0.820. The highest BCUT2D eigenvalue weighted by Gasteiger charge is 2.43. The standard InChI is InChI=1S/C34H30BrNO4/c1-24(2)39-32(37)22-31-29-21-13-12-20-28(29)30(35)23-36(31)33(38)40-34(25-14-6-3-7-15-25,26-16-8-4-9-17-26)27-18-10-5-11-19-27/h3-21,23-24,31H,22H2,1-2H3/t31-/m1/s1. The first-order chi connectivity index (χ1) is 19.4.